The topological polar surface area (TPSA) is 63.8 Å². The molecular formula is C18H23FN4. The number of hydrogen-bond donors (Lipinski definition) is 2. The predicted octanol–water partition coefficient (Wildman–Crippen LogP) is 3.70. The molecule has 1 heterocycles. The maximum atomic E-state index is 14.0. The molecule has 1 aliphatic rings. The standard InChI is InChI=1S/C18H23FN4/c19-15-9-4-3-8-14(15)18-22-12-16(21-11-5-10-20)17(23-18)13-6-1-2-7-13/h3-4,8-9,12-13,21H,1-2,5-7,10-11,20H2. The van der Waals surface area contributed by atoms with E-state index in [0.717, 1.165) is 37.2 Å². The lowest BCUT2D eigenvalue weighted by Gasteiger charge is -2.16. The van der Waals surface area contributed by atoms with Crippen molar-refractivity contribution in [3.8, 4) is 11.4 Å². The molecule has 122 valence electrons. The van der Waals surface area contributed by atoms with Crippen LogP contribution in [0.4, 0.5) is 10.1 Å². The van der Waals surface area contributed by atoms with Gasteiger partial charge in [0, 0.05) is 12.5 Å². The fourth-order valence-corrected chi connectivity index (χ4v) is 3.14. The van der Waals surface area contributed by atoms with Gasteiger partial charge in [0.2, 0.25) is 0 Å². The third kappa shape index (κ3) is 3.67. The molecule has 0 aliphatic heterocycles. The molecule has 3 N–H and O–H groups in total. The van der Waals surface area contributed by atoms with Crippen LogP contribution in [0.2, 0.25) is 0 Å². The molecule has 1 aromatic carbocycles. The Hall–Kier alpha value is -2.01. The number of benzene rings is 1. The molecular weight excluding hydrogens is 291 g/mol. The summed E-state index contributed by atoms with van der Waals surface area (Å²) in [5.41, 5.74) is 8.00. The van der Waals surface area contributed by atoms with E-state index in [1.165, 1.54) is 18.9 Å². The molecule has 1 aromatic heterocycles. The van der Waals surface area contributed by atoms with E-state index in [0.29, 0.717) is 23.9 Å². The average Bonchev–Trinajstić information content (AvgIpc) is 3.10. The van der Waals surface area contributed by atoms with Crippen molar-refractivity contribution in [2.45, 2.75) is 38.0 Å². The van der Waals surface area contributed by atoms with E-state index in [1.54, 1.807) is 18.3 Å². The van der Waals surface area contributed by atoms with Gasteiger partial charge in [0.05, 0.1) is 23.1 Å². The van der Waals surface area contributed by atoms with Crippen molar-refractivity contribution < 1.29 is 4.39 Å². The van der Waals surface area contributed by atoms with Gasteiger partial charge < -0.3 is 11.1 Å². The van der Waals surface area contributed by atoms with Gasteiger partial charge in [-0.25, -0.2) is 14.4 Å². The van der Waals surface area contributed by atoms with Crippen LogP contribution in [0.3, 0.4) is 0 Å². The molecule has 0 spiro atoms. The molecule has 4 nitrogen and oxygen atoms in total. The minimum Gasteiger partial charge on any atom is -0.382 e. The van der Waals surface area contributed by atoms with Gasteiger partial charge in [-0.05, 0) is 37.9 Å². The van der Waals surface area contributed by atoms with E-state index in [9.17, 15) is 4.39 Å². The summed E-state index contributed by atoms with van der Waals surface area (Å²) in [6.45, 7) is 1.46. The molecule has 23 heavy (non-hydrogen) atoms. The van der Waals surface area contributed by atoms with Crippen molar-refractivity contribution >= 4 is 5.69 Å². The molecule has 0 unspecified atom stereocenters. The first kappa shape index (κ1) is 15.9. The maximum Gasteiger partial charge on any atom is 0.162 e. The lowest BCUT2D eigenvalue weighted by molar-refractivity contribution is 0.629. The summed E-state index contributed by atoms with van der Waals surface area (Å²) in [4.78, 5) is 9.10. The first-order valence-electron chi connectivity index (χ1n) is 8.35. The molecule has 2 aromatic rings. The van der Waals surface area contributed by atoms with Gasteiger partial charge in [0.15, 0.2) is 5.82 Å². The zero-order valence-electron chi connectivity index (χ0n) is 13.3. The zero-order valence-corrected chi connectivity index (χ0v) is 13.3. The van der Waals surface area contributed by atoms with E-state index in [-0.39, 0.29) is 5.82 Å². The third-order valence-corrected chi connectivity index (χ3v) is 4.37. The van der Waals surface area contributed by atoms with Crippen LogP contribution in [-0.4, -0.2) is 23.1 Å². The molecule has 0 saturated heterocycles. The predicted molar refractivity (Wildman–Crippen MR) is 90.8 cm³/mol. The van der Waals surface area contributed by atoms with Crippen LogP contribution in [0.25, 0.3) is 11.4 Å². The van der Waals surface area contributed by atoms with E-state index < -0.39 is 0 Å². The van der Waals surface area contributed by atoms with Gasteiger partial charge in [-0.2, -0.15) is 0 Å². The Morgan fingerprint density at radius 2 is 2.00 bits per heavy atom. The van der Waals surface area contributed by atoms with Crippen molar-refractivity contribution in [3.05, 3.63) is 42.0 Å². The Labute approximate surface area is 136 Å². The first-order chi connectivity index (χ1) is 11.3. The highest BCUT2D eigenvalue weighted by Crippen LogP contribution is 2.37. The number of halogens is 1. The van der Waals surface area contributed by atoms with Crippen molar-refractivity contribution in [1.82, 2.24) is 9.97 Å². The Morgan fingerprint density at radius 3 is 2.74 bits per heavy atom. The average molecular weight is 314 g/mol. The SMILES string of the molecule is NCCCNc1cnc(-c2ccccc2F)nc1C1CCCC1. The molecule has 1 saturated carbocycles. The van der Waals surface area contributed by atoms with E-state index >= 15 is 0 Å². The summed E-state index contributed by atoms with van der Waals surface area (Å²) in [7, 11) is 0. The zero-order chi connectivity index (χ0) is 16.1. The smallest absolute Gasteiger partial charge is 0.162 e. The van der Waals surface area contributed by atoms with Gasteiger partial charge in [-0.15, -0.1) is 0 Å². The Kier molecular flexibility index (Phi) is 5.18. The maximum absolute atomic E-state index is 14.0. The number of nitrogens with two attached hydrogens (primary N) is 1. The third-order valence-electron chi connectivity index (χ3n) is 4.37. The van der Waals surface area contributed by atoms with Gasteiger partial charge in [-0.3, -0.25) is 0 Å². The van der Waals surface area contributed by atoms with Gasteiger partial charge in [0.25, 0.3) is 0 Å². The van der Waals surface area contributed by atoms with Crippen LogP contribution in [0, 0.1) is 5.82 Å². The number of nitrogens with one attached hydrogen (secondary N) is 1. The Bertz CT molecular complexity index is 653. The van der Waals surface area contributed by atoms with Gasteiger partial charge in [0.1, 0.15) is 5.82 Å². The van der Waals surface area contributed by atoms with Crippen molar-refractivity contribution in [3.63, 3.8) is 0 Å². The molecule has 0 radical (unpaired) electrons. The summed E-state index contributed by atoms with van der Waals surface area (Å²) < 4.78 is 14.0. The second-order valence-electron chi connectivity index (χ2n) is 6.02. The van der Waals surface area contributed by atoms with Crippen molar-refractivity contribution in [2.75, 3.05) is 18.4 Å². The Morgan fingerprint density at radius 1 is 1.22 bits per heavy atom. The molecule has 5 heteroatoms. The second kappa shape index (κ2) is 7.51. The summed E-state index contributed by atoms with van der Waals surface area (Å²) in [5.74, 6) is 0.618. The summed E-state index contributed by atoms with van der Waals surface area (Å²) in [5, 5.41) is 3.39. The lowest BCUT2D eigenvalue weighted by Crippen LogP contribution is -2.12. The van der Waals surface area contributed by atoms with Crippen molar-refractivity contribution in [2.24, 2.45) is 5.73 Å². The highest BCUT2D eigenvalue weighted by Gasteiger charge is 2.23. The van der Waals surface area contributed by atoms with Gasteiger partial charge >= 0.3 is 0 Å². The highest BCUT2D eigenvalue weighted by molar-refractivity contribution is 5.59. The molecule has 0 amide bonds. The van der Waals surface area contributed by atoms with Crippen LogP contribution < -0.4 is 11.1 Å². The van der Waals surface area contributed by atoms with E-state index in [1.807, 2.05) is 6.07 Å². The minimum atomic E-state index is -0.284. The van der Waals surface area contributed by atoms with E-state index in [2.05, 4.69) is 10.3 Å². The number of anilines is 1. The number of rotatable bonds is 6. The molecule has 0 atom stereocenters. The van der Waals surface area contributed by atoms with Crippen LogP contribution >= 0.6 is 0 Å². The van der Waals surface area contributed by atoms with E-state index in [4.69, 9.17) is 10.7 Å². The first-order valence-corrected chi connectivity index (χ1v) is 8.35. The number of hydrogen-bond acceptors (Lipinski definition) is 4. The molecule has 1 fully saturated rings. The largest absolute Gasteiger partial charge is 0.382 e. The minimum absolute atomic E-state index is 0.284. The van der Waals surface area contributed by atoms with Crippen LogP contribution in [0.1, 0.15) is 43.7 Å². The molecule has 3 rings (SSSR count). The Balaban J connectivity index is 1.94. The van der Waals surface area contributed by atoms with Crippen LogP contribution in [-0.2, 0) is 0 Å². The molecule has 0 bridgehead atoms. The van der Waals surface area contributed by atoms with Crippen LogP contribution in [0.15, 0.2) is 30.5 Å². The number of nitrogens with zero attached hydrogens (tertiary/aromatic N) is 2. The van der Waals surface area contributed by atoms with Gasteiger partial charge in [-0.1, -0.05) is 25.0 Å². The highest BCUT2D eigenvalue weighted by atomic mass is 19.1. The fourth-order valence-electron chi connectivity index (χ4n) is 3.14. The van der Waals surface area contributed by atoms with Crippen molar-refractivity contribution in [1.29, 1.82) is 0 Å². The molecule has 1 aliphatic carbocycles. The monoisotopic (exact) mass is 314 g/mol. The summed E-state index contributed by atoms with van der Waals surface area (Å²) in [6, 6.07) is 6.66. The lowest BCUT2D eigenvalue weighted by atomic mass is 10.0. The summed E-state index contributed by atoms with van der Waals surface area (Å²) >= 11 is 0. The van der Waals surface area contributed by atoms with Crippen LogP contribution in [0.5, 0.6) is 0 Å². The fraction of sp³-hybridized carbons (Fsp3) is 0.444. The normalized spacial score (nSPS) is 15.0. The summed E-state index contributed by atoms with van der Waals surface area (Å²) in [6.07, 6.45) is 7.43. The second-order valence-corrected chi connectivity index (χ2v) is 6.02. The quantitative estimate of drug-likeness (QED) is 0.798. The number of aromatic nitrogens is 2.